The second-order valence-corrected chi connectivity index (χ2v) is 8.16. The van der Waals surface area contributed by atoms with Crippen LogP contribution in [0.15, 0.2) is 78.9 Å². The van der Waals surface area contributed by atoms with Crippen molar-refractivity contribution in [1.82, 2.24) is 9.80 Å². The van der Waals surface area contributed by atoms with Crippen LogP contribution in [0.2, 0.25) is 0 Å². The molecule has 0 atom stereocenters. The highest BCUT2D eigenvalue weighted by Gasteiger charge is 2.20. The van der Waals surface area contributed by atoms with Gasteiger partial charge in [-0.15, -0.1) is 0 Å². The molecule has 0 bridgehead atoms. The van der Waals surface area contributed by atoms with E-state index in [4.69, 9.17) is 9.47 Å². The lowest BCUT2D eigenvalue weighted by molar-refractivity contribution is 0.0664. The Bertz CT molecular complexity index is 1090. The lowest BCUT2D eigenvalue weighted by Gasteiger charge is -2.32. The number of ether oxygens (including phenoxy) is 2. The van der Waals surface area contributed by atoms with Gasteiger partial charge in [0.1, 0.15) is 24.7 Å². The van der Waals surface area contributed by atoms with Crippen molar-refractivity contribution < 1.29 is 19.1 Å². The van der Waals surface area contributed by atoms with Crippen LogP contribution >= 0.6 is 0 Å². The number of para-hydroxylation sites is 1. The molecule has 1 fully saturated rings. The van der Waals surface area contributed by atoms with Crippen LogP contribution in [0.1, 0.15) is 20.7 Å². The maximum atomic E-state index is 12.8. The molecule has 1 N–H and O–H groups in total. The summed E-state index contributed by atoms with van der Waals surface area (Å²) in [6.45, 7) is 3.96. The molecule has 0 aromatic heterocycles. The molecule has 3 aromatic carbocycles. The van der Waals surface area contributed by atoms with E-state index in [-0.39, 0.29) is 11.8 Å². The van der Waals surface area contributed by atoms with E-state index in [2.05, 4.69) is 17.3 Å². The van der Waals surface area contributed by atoms with Gasteiger partial charge in [-0.05, 0) is 61.6 Å². The fraction of sp³-hybridized carbons (Fsp3) is 0.259. The van der Waals surface area contributed by atoms with Crippen molar-refractivity contribution in [3.05, 3.63) is 90.0 Å². The Morgan fingerprint density at radius 3 is 2.09 bits per heavy atom. The van der Waals surface area contributed by atoms with Crippen molar-refractivity contribution in [3.8, 4) is 11.5 Å². The average Bonchev–Trinajstić information content (AvgIpc) is 2.88. The zero-order chi connectivity index (χ0) is 23.8. The normalized spacial score (nSPS) is 13.9. The third-order valence-corrected chi connectivity index (χ3v) is 5.64. The SMILES string of the molecule is CN1CCN(C(=O)c2cccc(NC(=O)c3ccc(OCCOc4ccccc4)cc3)c2)CC1. The third kappa shape index (κ3) is 6.36. The number of hydrogen-bond acceptors (Lipinski definition) is 5. The van der Waals surface area contributed by atoms with Gasteiger partial charge in [-0.3, -0.25) is 9.59 Å². The molecule has 0 radical (unpaired) electrons. The summed E-state index contributed by atoms with van der Waals surface area (Å²) in [5.41, 5.74) is 1.66. The molecule has 0 unspecified atom stereocenters. The maximum absolute atomic E-state index is 12.8. The van der Waals surface area contributed by atoms with Gasteiger partial charge in [0, 0.05) is 43.0 Å². The van der Waals surface area contributed by atoms with Gasteiger partial charge in [0.05, 0.1) is 0 Å². The van der Waals surface area contributed by atoms with E-state index in [1.165, 1.54) is 0 Å². The minimum Gasteiger partial charge on any atom is -0.490 e. The summed E-state index contributed by atoms with van der Waals surface area (Å²) in [4.78, 5) is 29.6. The Labute approximate surface area is 199 Å². The average molecular weight is 460 g/mol. The molecule has 1 aliphatic rings. The molecule has 1 heterocycles. The Hall–Kier alpha value is -3.84. The second kappa shape index (κ2) is 11.3. The molecular formula is C27H29N3O4. The van der Waals surface area contributed by atoms with E-state index >= 15 is 0 Å². The number of carbonyl (C=O) groups is 2. The summed E-state index contributed by atoms with van der Waals surface area (Å²) in [6, 6.07) is 23.6. The van der Waals surface area contributed by atoms with Gasteiger partial charge in [0.25, 0.3) is 11.8 Å². The first-order valence-electron chi connectivity index (χ1n) is 11.4. The molecular weight excluding hydrogens is 430 g/mol. The van der Waals surface area contributed by atoms with Crippen molar-refractivity contribution in [1.29, 1.82) is 0 Å². The Balaban J connectivity index is 1.28. The minimum atomic E-state index is -0.247. The summed E-state index contributed by atoms with van der Waals surface area (Å²) in [5.74, 6) is 1.20. The topological polar surface area (TPSA) is 71.1 Å². The fourth-order valence-electron chi connectivity index (χ4n) is 3.66. The van der Waals surface area contributed by atoms with E-state index in [9.17, 15) is 9.59 Å². The number of likely N-dealkylation sites (N-methyl/N-ethyl adjacent to an activating group) is 1. The van der Waals surface area contributed by atoms with Crippen molar-refractivity contribution in [2.75, 3.05) is 51.8 Å². The fourth-order valence-corrected chi connectivity index (χ4v) is 3.66. The van der Waals surface area contributed by atoms with Crippen LogP contribution in [0.5, 0.6) is 11.5 Å². The minimum absolute atomic E-state index is 0.0121. The Kier molecular flexibility index (Phi) is 7.78. The lowest BCUT2D eigenvalue weighted by atomic mass is 10.1. The van der Waals surface area contributed by atoms with Gasteiger partial charge >= 0.3 is 0 Å². The van der Waals surface area contributed by atoms with E-state index in [1.807, 2.05) is 35.2 Å². The van der Waals surface area contributed by atoms with Crippen LogP contribution in [0.3, 0.4) is 0 Å². The first-order valence-corrected chi connectivity index (χ1v) is 11.4. The number of hydrogen-bond donors (Lipinski definition) is 1. The molecule has 1 saturated heterocycles. The quantitative estimate of drug-likeness (QED) is 0.519. The molecule has 7 nitrogen and oxygen atoms in total. The molecule has 7 heteroatoms. The highest BCUT2D eigenvalue weighted by Crippen LogP contribution is 2.17. The van der Waals surface area contributed by atoms with Crippen molar-refractivity contribution >= 4 is 17.5 Å². The summed E-state index contributed by atoms with van der Waals surface area (Å²) in [7, 11) is 2.05. The zero-order valence-electron chi connectivity index (χ0n) is 19.3. The molecule has 3 aromatic rings. The van der Waals surface area contributed by atoms with Gasteiger partial charge in [0.15, 0.2) is 0 Å². The van der Waals surface area contributed by atoms with Gasteiger partial charge < -0.3 is 24.6 Å². The monoisotopic (exact) mass is 459 g/mol. The molecule has 0 saturated carbocycles. The number of rotatable bonds is 8. The van der Waals surface area contributed by atoms with Gasteiger partial charge in [0.2, 0.25) is 0 Å². The largest absolute Gasteiger partial charge is 0.490 e. The predicted molar refractivity (Wildman–Crippen MR) is 132 cm³/mol. The Morgan fingerprint density at radius 1 is 0.765 bits per heavy atom. The van der Waals surface area contributed by atoms with Gasteiger partial charge in [-0.2, -0.15) is 0 Å². The predicted octanol–water partition coefficient (Wildman–Crippen LogP) is 3.78. The zero-order valence-corrected chi connectivity index (χ0v) is 19.3. The van der Waals surface area contributed by atoms with Crippen LogP contribution in [0.25, 0.3) is 0 Å². The number of carbonyl (C=O) groups excluding carboxylic acids is 2. The van der Waals surface area contributed by atoms with Crippen molar-refractivity contribution in [3.63, 3.8) is 0 Å². The highest BCUT2D eigenvalue weighted by atomic mass is 16.5. The maximum Gasteiger partial charge on any atom is 0.255 e. The number of piperazine rings is 1. The van der Waals surface area contributed by atoms with Crippen LogP contribution in [-0.4, -0.2) is 68.1 Å². The van der Waals surface area contributed by atoms with Crippen LogP contribution in [0, 0.1) is 0 Å². The van der Waals surface area contributed by atoms with Crippen LogP contribution < -0.4 is 14.8 Å². The van der Waals surface area contributed by atoms with Gasteiger partial charge in [-0.25, -0.2) is 0 Å². The van der Waals surface area contributed by atoms with Crippen LogP contribution in [0.4, 0.5) is 5.69 Å². The number of amides is 2. The summed E-state index contributed by atoms with van der Waals surface area (Å²) in [5, 5.41) is 2.87. The van der Waals surface area contributed by atoms with E-state index in [0.717, 1.165) is 18.8 Å². The molecule has 0 aliphatic carbocycles. The summed E-state index contributed by atoms with van der Waals surface area (Å²) >= 11 is 0. The molecule has 4 rings (SSSR count). The van der Waals surface area contributed by atoms with Crippen LogP contribution in [-0.2, 0) is 0 Å². The highest BCUT2D eigenvalue weighted by molar-refractivity contribution is 6.05. The van der Waals surface area contributed by atoms with Crippen molar-refractivity contribution in [2.45, 2.75) is 0 Å². The standard InChI is InChI=1S/C27H29N3O4/c1-29-14-16-30(17-15-29)27(32)22-6-5-7-23(20-22)28-26(31)21-10-12-25(13-11-21)34-19-18-33-24-8-3-2-4-9-24/h2-13,20H,14-19H2,1H3,(H,28,31). The summed E-state index contributed by atoms with van der Waals surface area (Å²) < 4.78 is 11.3. The number of nitrogens with zero attached hydrogens (tertiary/aromatic N) is 2. The molecule has 0 spiro atoms. The third-order valence-electron chi connectivity index (χ3n) is 5.64. The number of nitrogens with one attached hydrogen (secondary N) is 1. The van der Waals surface area contributed by atoms with E-state index in [1.54, 1.807) is 48.5 Å². The molecule has 2 amide bonds. The number of anilines is 1. The van der Waals surface area contributed by atoms with Crippen molar-refractivity contribution in [2.24, 2.45) is 0 Å². The smallest absolute Gasteiger partial charge is 0.255 e. The summed E-state index contributed by atoms with van der Waals surface area (Å²) in [6.07, 6.45) is 0. The molecule has 1 aliphatic heterocycles. The molecule has 34 heavy (non-hydrogen) atoms. The van der Waals surface area contributed by atoms with E-state index in [0.29, 0.717) is 48.9 Å². The Morgan fingerprint density at radius 2 is 1.41 bits per heavy atom. The van der Waals surface area contributed by atoms with Gasteiger partial charge in [-0.1, -0.05) is 24.3 Å². The second-order valence-electron chi connectivity index (χ2n) is 8.16. The molecule has 176 valence electrons. The lowest BCUT2D eigenvalue weighted by Crippen LogP contribution is -2.47. The first kappa shape index (κ1) is 23.3. The number of benzene rings is 3. The van der Waals surface area contributed by atoms with E-state index < -0.39 is 0 Å². The first-order chi connectivity index (χ1) is 16.6.